The molecule has 12 heteroatoms. The fourth-order valence-corrected chi connectivity index (χ4v) is 4.16. The van der Waals surface area contributed by atoms with Crippen LogP contribution < -0.4 is 10.2 Å². The number of amides is 1. The molecule has 1 aromatic heterocycles. The van der Waals surface area contributed by atoms with Crippen LogP contribution in [0.4, 0.5) is 24.5 Å². The lowest BCUT2D eigenvalue weighted by atomic mass is 10.1. The molecule has 0 unspecified atom stereocenters. The van der Waals surface area contributed by atoms with Crippen LogP contribution in [0, 0.1) is 0 Å². The summed E-state index contributed by atoms with van der Waals surface area (Å²) in [6.45, 7) is 1.66. The van der Waals surface area contributed by atoms with Crippen LogP contribution >= 0.6 is 27.7 Å². The van der Waals surface area contributed by atoms with Crippen molar-refractivity contribution in [1.82, 2.24) is 10.2 Å². The van der Waals surface area contributed by atoms with Gasteiger partial charge in [0, 0.05) is 23.1 Å². The van der Waals surface area contributed by atoms with Crippen molar-refractivity contribution < 1.29 is 27.1 Å². The summed E-state index contributed by atoms with van der Waals surface area (Å²) in [5, 5.41) is 10.8. The minimum absolute atomic E-state index is 0.0519. The molecule has 1 aliphatic heterocycles. The lowest BCUT2D eigenvalue weighted by molar-refractivity contribution is -0.137. The largest absolute Gasteiger partial charge is 0.416 e. The van der Waals surface area contributed by atoms with E-state index in [1.54, 1.807) is 4.90 Å². The lowest BCUT2D eigenvalue weighted by Gasteiger charge is -2.31. The van der Waals surface area contributed by atoms with Crippen LogP contribution in [0.15, 0.2) is 56.6 Å². The summed E-state index contributed by atoms with van der Waals surface area (Å²) >= 11 is 4.42. The van der Waals surface area contributed by atoms with Crippen molar-refractivity contribution in [3.05, 3.63) is 52.5 Å². The fraction of sp³-hybridized carbons (Fsp3) is 0.286. The molecule has 2 aromatic carbocycles. The van der Waals surface area contributed by atoms with Crippen molar-refractivity contribution >= 4 is 45.0 Å². The first-order chi connectivity index (χ1) is 15.8. The Hall–Kier alpha value is -2.57. The Bertz CT molecular complexity index is 1140. The van der Waals surface area contributed by atoms with E-state index in [-0.39, 0.29) is 11.0 Å². The van der Waals surface area contributed by atoms with Gasteiger partial charge >= 0.3 is 6.18 Å². The summed E-state index contributed by atoms with van der Waals surface area (Å²) in [6.07, 6.45) is -4.48. The molecule has 0 bridgehead atoms. The molecule has 33 heavy (non-hydrogen) atoms. The number of nitrogens with one attached hydrogen (secondary N) is 1. The van der Waals surface area contributed by atoms with Crippen molar-refractivity contribution in [3.8, 4) is 11.5 Å². The Balaban J connectivity index is 1.44. The second-order valence-electron chi connectivity index (χ2n) is 7.05. The standard InChI is InChI=1S/C21H18BrF3N4O3S/c22-15-3-1-2-13(10-15)19-27-28-20(32-19)33-12-18(30)26-16-5-4-14(21(23,24)25)11-17(16)29-6-8-31-9-7-29/h1-5,10-11H,6-9,12H2,(H,26,30). The number of benzene rings is 2. The molecule has 4 rings (SSSR count). The van der Waals surface area contributed by atoms with E-state index in [1.807, 2.05) is 24.3 Å². The van der Waals surface area contributed by atoms with Gasteiger partial charge in [0.25, 0.3) is 5.22 Å². The van der Waals surface area contributed by atoms with E-state index in [2.05, 4.69) is 31.4 Å². The number of anilines is 2. The van der Waals surface area contributed by atoms with Crippen LogP contribution in [0.1, 0.15) is 5.56 Å². The summed E-state index contributed by atoms with van der Waals surface area (Å²) in [7, 11) is 0. The van der Waals surface area contributed by atoms with Crippen molar-refractivity contribution in [2.45, 2.75) is 11.4 Å². The second kappa shape index (κ2) is 10.1. The first kappa shape index (κ1) is 23.6. The van der Waals surface area contributed by atoms with Crippen molar-refractivity contribution in [3.63, 3.8) is 0 Å². The van der Waals surface area contributed by atoms with Gasteiger partial charge in [0.15, 0.2) is 0 Å². The third-order valence-electron chi connectivity index (χ3n) is 4.76. The SMILES string of the molecule is O=C(CSc1nnc(-c2cccc(Br)c2)o1)Nc1ccc(C(F)(F)F)cc1N1CCOCC1. The summed E-state index contributed by atoms with van der Waals surface area (Å²) in [4.78, 5) is 14.3. The van der Waals surface area contributed by atoms with E-state index in [1.165, 1.54) is 6.07 Å². The number of ether oxygens (including phenoxy) is 1. The van der Waals surface area contributed by atoms with Crippen LogP contribution in [0.3, 0.4) is 0 Å². The molecule has 0 aliphatic carbocycles. The van der Waals surface area contributed by atoms with E-state index in [0.717, 1.165) is 33.9 Å². The van der Waals surface area contributed by atoms with Gasteiger partial charge in [0.05, 0.1) is 35.9 Å². The van der Waals surface area contributed by atoms with Gasteiger partial charge in [-0.05, 0) is 36.4 Å². The Kier molecular flexibility index (Phi) is 7.25. The van der Waals surface area contributed by atoms with E-state index < -0.39 is 17.6 Å². The number of hydrogen-bond donors (Lipinski definition) is 1. The Morgan fingerprint density at radius 1 is 1.15 bits per heavy atom. The summed E-state index contributed by atoms with van der Waals surface area (Å²) in [6, 6.07) is 10.6. The maximum atomic E-state index is 13.2. The molecule has 1 amide bonds. The molecular formula is C21H18BrF3N4O3S. The molecule has 0 saturated carbocycles. The molecule has 1 fully saturated rings. The van der Waals surface area contributed by atoms with Gasteiger partial charge in [0.2, 0.25) is 11.8 Å². The van der Waals surface area contributed by atoms with Crippen LogP contribution in [0.2, 0.25) is 0 Å². The topological polar surface area (TPSA) is 80.5 Å². The summed E-state index contributed by atoms with van der Waals surface area (Å²) < 4.78 is 51.4. The molecule has 1 aliphatic rings. The van der Waals surface area contributed by atoms with Gasteiger partial charge in [-0.1, -0.05) is 33.8 Å². The maximum absolute atomic E-state index is 13.2. The molecule has 7 nitrogen and oxygen atoms in total. The number of morpholine rings is 1. The maximum Gasteiger partial charge on any atom is 0.416 e. The number of rotatable bonds is 6. The van der Waals surface area contributed by atoms with E-state index >= 15 is 0 Å². The predicted molar refractivity (Wildman–Crippen MR) is 121 cm³/mol. The average molecular weight is 543 g/mol. The number of carbonyl (C=O) groups excluding carboxylic acids is 1. The number of aromatic nitrogens is 2. The third-order valence-corrected chi connectivity index (χ3v) is 6.07. The normalized spacial score (nSPS) is 14.4. The quantitative estimate of drug-likeness (QED) is 0.434. The Morgan fingerprint density at radius 3 is 2.67 bits per heavy atom. The predicted octanol–water partition coefficient (Wildman–Crippen LogP) is 5.09. The molecule has 174 valence electrons. The molecule has 0 radical (unpaired) electrons. The smallest absolute Gasteiger partial charge is 0.411 e. The first-order valence-corrected chi connectivity index (χ1v) is 11.6. The van der Waals surface area contributed by atoms with E-state index in [4.69, 9.17) is 9.15 Å². The number of hydrogen-bond acceptors (Lipinski definition) is 7. The number of carbonyl (C=O) groups is 1. The minimum Gasteiger partial charge on any atom is -0.411 e. The highest BCUT2D eigenvalue weighted by atomic mass is 79.9. The van der Waals surface area contributed by atoms with Gasteiger partial charge in [-0.15, -0.1) is 10.2 Å². The van der Waals surface area contributed by atoms with Crippen molar-refractivity contribution in [2.24, 2.45) is 0 Å². The molecular weight excluding hydrogens is 525 g/mol. The van der Waals surface area contributed by atoms with Gasteiger partial charge in [0.1, 0.15) is 0 Å². The zero-order valence-corrected chi connectivity index (χ0v) is 19.5. The molecule has 0 spiro atoms. The highest BCUT2D eigenvalue weighted by Crippen LogP contribution is 2.36. The van der Waals surface area contributed by atoms with Crippen LogP contribution in [0.25, 0.3) is 11.5 Å². The summed E-state index contributed by atoms with van der Waals surface area (Å²) in [5.74, 6) is -0.142. The molecule has 1 N–H and O–H groups in total. The van der Waals surface area contributed by atoms with Crippen molar-refractivity contribution in [2.75, 3.05) is 42.3 Å². The minimum atomic E-state index is -4.48. The van der Waals surface area contributed by atoms with Crippen LogP contribution in [-0.2, 0) is 15.7 Å². The highest BCUT2D eigenvalue weighted by molar-refractivity contribution is 9.10. The molecule has 0 atom stereocenters. The van der Waals surface area contributed by atoms with Gasteiger partial charge < -0.3 is 19.4 Å². The number of nitrogens with zero attached hydrogens (tertiary/aromatic N) is 3. The molecule has 1 saturated heterocycles. The fourth-order valence-electron chi connectivity index (χ4n) is 3.20. The zero-order valence-electron chi connectivity index (χ0n) is 17.1. The highest BCUT2D eigenvalue weighted by Gasteiger charge is 2.32. The first-order valence-electron chi connectivity index (χ1n) is 9.85. The van der Waals surface area contributed by atoms with Crippen molar-refractivity contribution in [1.29, 1.82) is 0 Å². The number of alkyl halides is 3. The average Bonchev–Trinajstić information content (AvgIpc) is 3.27. The zero-order chi connectivity index (χ0) is 23.4. The summed E-state index contributed by atoms with van der Waals surface area (Å²) in [5.41, 5.74) is 0.562. The third kappa shape index (κ3) is 6.06. The van der Waals surface area contributed by atoms with E-state index in [0.29, 0.717) is 43.6 Å². The Labute approximate surface area is 199 Å². The number of halogens is 4. The molecule has 2 heterocycles. The van der Waals surface area contributed by atoms with Gasteiger partial charge in [-0.2, -0.15) is 13.2 Å². The number of thioether (sulfide) groups is 1. The van der Waals surface area contributed by atoms with Gasteiger partial charge in [-0.3, -0.25) is 4.79 Å². The monoisotopic (exact) mass is 542 g/mol. The molecule has 3 aromatic rings. The van der Waals surface area contributed by atoms with Crippen LogP contribution in [-0.4, -0.2) is 48.2 Å². The van der Waals surface area contributed by atoms with E-state index in [9.17, 15) is 18.0 Å². The Morgan fingerprint density at radius 2 is 1.94 bits per heavy atom. The van der Waals surface area contributed by atoms with Crippen LogP contribution in [0.5, 0.6) is 0 Å². The van der Waals surface area contributed by atoms with Gasteiger partial charge in [-0.25, -0.2) is 0 Å². The second-order valence-corrected chi connectivity index (χ2v) is 8.89. The lowest BCUT2D eigenvalue weighted by Crippen LogP contribution is -2.37.